The van der Waals surface area contributed by atoms with Crippen LogP contribution in [0, 0.1) is 0 Å². The molecule has 0 saturated carbocycles. The van der Waals surface area contributed by atoms with Crippen molar-refractivity contribution in [2.24, 2.45) is 0 Å². The zero-order valence-electron chi connectivity index (χ0n) is 32.1. The summed E-state index contributed by atoms with van der Waals surface area (Å²) in [7, 11) is 0. The van der Waals surface area contributed by atoms with Gasteiger partial charge in [0.1, 0.15) is 6.10 Å². The highest BCUT2D eigenvalue weighted by molar-refractivity contribution is 5.76. The molecule has 0 aliphatic heterocycles. The van der Waals surface area contributed by atoms with Crippen molar-refractivity contribution in [1.29, 1.82) is 0 Å². The van der Waals surface area contributed by atoms with Gasteiger partial charge in [-0.1, -0.05) is 186 Å². The molecule has 0 aliphatic carbocycles. The second-order valence-electron chi connectivity index (χ2n) is 14.5. The smallest absolute Gasteiger partial charge is 0.220 e. The Morgan fingerprint density at radius 1 is 0.500 bits per heavy atom. The van der Waals surface area contributed by atoms with E-state index in [2.05, 4.69) is 43.5 Å². The van der Waals surface area contributed by atoms with Crippen molar-refractivity contribution >= 4 is 5.91 Å². The molecule has 5 heteroatoms. The van der Waals surface area contributed by atoms with Gasteiger partial charge in [0.25, 0.3) is 0 Å². The molecule has 0 rings (SSSR count). The quantitative estimate of drug-likeness (QED) is 0.0387. The number of nitrogens with one attached hydrogen (secondary N) is 1. The first-order chi connectivity index (χ1) is 23.6. The molecule has 0 aromatic carbocycles. The van der Waals surface area contributed by atoms with Crippen LogP contribution in [0.25, 0.3) is 0 Å². The van der Waals surface area contributed by atoms with Crippen LogP contribution in [0.3, 0.4) is 0 Å². The molecule has 0 spiro atoms. The van der Waals surface area contributed by atoms with Gasteiger partial charge in [-0.3, -0.25) is 4.79 Å². The molecule has 0 bridgehead atoms. The van der Waals surface area contributed by atoms with E-state index in [9.17, 15) is 20.1 Å². The average molecular weight is 678 g/mol. The van der Waals surface area contributed by atoms with E-state index in [0.717, 1.165) is 44.9 Å². The number of carbonyl (C=O) groups excluding carboxylic acids is 1. The molecule has 0 radical (unpaired) electrons. The van der Waals surface area contributed by atoms with Crippen LogP contribution < -0.4 is 5.32 Å². The summed E-state index contributed by atoms with van der Waals surface area (Å²) >= 11 is 0. The molecule has 0 aromatic heterocycles. The van der Waals surface area contributed by atoms with E-state index >= 15 is 0 Å². The van der Waals surface area contributed by atoms with Crippen LogP contribution in [0.4, 0.5) is 0 Å². The van der Waals surface area contributed by atoms with Crippen LogP contribution in [0.5, 0.6) is 0 Å². The van der Waals surface area contributed by atoms with Gasteiger partial charge in [0, 0.05) is 6.42 Å². The summed E-state index contributed by atoms with van der Waals surface area (Å²) < 4.78 is 0. The molecule has 284 valence electrons. The molecule has 0 aliphatic rings. The third-order valence-corrected chi connectivity index (χ3v) is 9.79. The summed E-state index contributed by atoms with van der Waals surface area (Å²) in [4.78, 5) is 12.4. The standard InChI is InChI=1S/C43H83NO4/c1-3-5-7-9-11-13-15-17-19-20-21-22-24-26-28-30-32-34-36-38-42(47)44-40(39-45)43(48)41(46)37-35-33-31-29-27-25-23-18-16-14-12-10-8-6-4-2/h18,23,29,31,40-41,43,45-46,48H,3-17,19-22,24-28,30,32-39H2,1-2H3,(H,44,47)/b23-18+,31-29+. The second-order valence-corrected chi connectivity index (χ2v) is 14.5. The normalized spacial score (nSPS) is 13.9. The minimum Gasteiger partial charge on any atom is -0.394 e. The number of unbranched alkanes of at least 4 members (excludes halogenated alkanes) is 26. The highest BCUT2D eigenvalue weighted by atomic mass is 16.3. The second kappa shape index (κ2) is 38.6. The largest absolute Gasteiger partial charge is 0.394 e. The number of aliphatic hydroxyl groups excluding tert-OH is 3. The third-order valence-electron chi connectivity index (χ3n) is 9.79. The Morgan fingerprint density at radius 3 is 1.27 bits per heavy atom. The number of amides is 1. The van der Waals surface area contributed by atoms with Crippen LogP contribution in [-0.2, 0) is 4.79 Å². The van der Waals surface area contributed by atoms with Gasteiger partial charge in [-0.25, -0.2) is 0 Å². The van der Waals surface area contributed by atoms with Crippen molar-refractivity contribution in [3.8, 4) is 0 Å². The summed E-state index contributed by atoms with van der Waals surface area (Å²) in [6.45, 7) is 4.16. The van der Waals surface area contributed by atoms with Gasteiger partial charge in [-0.2, -0.15) is 0 Å². The van der Waals surface area contributed by atoms with E-state index in [1.807, 2.05) is 0 Å². The number of hydrogen-bond acceptors (Lipinski definition) is 4. The molecule has 3 unspecified atom stereocenters. The van der Waals surface area contributed by atoms with Gasteiger partial charge >= 0.3 is 0 Å². The predicted molar refractivity (Wildman–Crippen MR) is 208 cm³/mol. The maximum Gasteiger partial charge on any atom is 0.220 e. The Bertz CT molecular complexity index is 709. The van der Waals surface area contributed by atoms with Gasteiger partial charge in [0.05, 0.1) is 18.8 Å². The van der Waals surface area contributed by atoms with Crippen molar-refractivity contribution in [2.45, 2.75) is 238 Å². The summed E-state index contributed by atoms with van der Waals surface area (Å²) in [6, 6.07) is -0.827. The highest BCUT2D eigenvalue weighted by Gasteiger charge is 2.26. The number of carbonyl (C=O) groups is 1. The minimum absolute atomic E-state index is 0.156. The zero-order valence-corrected chi connectivity index (χ0v) is 32.1. The van der Waals surface area contributed by atoms with Crippen molar-refractivity contribution < 1.29 is 20.1 Å². The van der Waals surface area contributed by atoms with Gasteiger partial charge in [0.2, 0.25) is 5.91 Å². The lowest BCUT2D eigenvalue weighted by Crippen LogP contribution is -2.50. The van der Waals surface area contributed by atoms with E-state index < -0.39 is 18.2 Å². The Hall–Kier alpha value is -1.17. The zero-order chi connectivity index (χ0) is 35.2. The van der Waals surface area contributed by atoms with Crippen molar-refractivity contribution in [3.63, 3.8) is 0 Å². The van der Waals surface area contributed by atoms with Gasteiger partial charge in [-0.05, 0) is 51.4 Å². The number of aliphatic hydroxyl groups is 3. The lowest BCUT2D eigenvalue weighted by atomic mass is 10.0. The summed E-state index contributed by atoms with van der Waals surface area (Å²) in [6.07, 6.45) is 45.7. The molecule has 0 fully saturated rings. The molecule has 0 heterocycles. The molecule has 4 N–H and O–H groups in total. The van der Waals surface area contributed by atoms with Crippen molar-refractivity contribution in [1.82, 2.24) is 5.32 Å². The molecular weight excluding hydrogens is 594 g/mol. The van der Waals surface area contributed by atoms with Crippen LogP contribution in [0.2, 0.25) is 0 Å². The first-order valence-electron chi connectivity index (χ1n) is 21.1. The summed E-state index contributed by atoms with van der Waals surface area (Å²) in [5.74, 6) is -0.156. The SMILES string of the molecule is CCCCCCCC/C=C/CC/C=C/CCCC(O)C(O)C(CO)NC(=O)CCCCCCCCCCCCCCCCCCCCC. The molecule has 0 saturated heterocycles. The van der Waals surface area contributed by atoms with E-state index in [1.54, 1.807) is 0 Å². The number of allylic oxidation sites excluding steroid dienone is 4. The van der Waals surface area contributed by atoms with Crippen LogP contribution in [-0.4, -0.2) is 46.1 Å². The molecule has 3 atom stereocenters. The van der Waals surface area contributed by atoms with Crippen LogP contribution >= 0.6 is 0 Å². The number of rotatable bonds is 38. The van der Waals surface area contributed by atoms with Gasteiger partial charge in [-0.15, -0.1) is 0 Å². The van der Waals surface area contributed by atoms with Gasteiger partial charge < -0.3 is 20.6 Å². The van der Waals surface area contributed by atoms with Gasteiger partial charge in [0.15, 0.2) is 0 Å². The fourth-order valence-corrected chi connectivity index (χ4v) is 6.47. The van der Waals surface area contributed by atoms with Crippen LogP contribution in [0.15, 0.2) is 24.3 Å². The molecular formula is C43H83NO4. The van der Waals surface area contributed by atoms with E-state index in [1.165, 1.54) is 148 Å². The Kier molecular flexibility index (Phi) is 37.7. The first-order valence-corrected chi connectivity index (χ1v) is 21.1. The summed E-state index contributed by atoms with van der Waals surface area (Å²) in [5.41, 5.74) is 0. The molecule has 48 heavy (non-hydrogen) atoms. The van der Waals surface area contributed by atoms with Crippen molar-refractivity contribution in [2.75, 3.05) is 6.61 Å². The molecule has 0 aromatic rings. The fourth-order valence-electron chi connectivity index (χ4n) is 6.47. The predicted octanol–water partition coefficient (Wildman–Crippen LogP) is 11.8. The average Bonchev–Trinajstić information content (AvgIpc) is 3.09. The Morgan fingerprint density at radius 2 is 0.854 bits per heavy atom. The van der Waals surface area contributed by atoms with E-state index in [-0.39, 0.29) is 12.5 Å². The lowest BCUT2D eigenvalue weighted by molar-refractivity contribution is -0.124. The van der Waals surface area contributed by atoms with E-state index in [0.29, 0.717) is 12.8 Å². The maximum atomic E-state index is 12.4. The maximum absolute atomic E-state index is 12.4. The third kappa shape index (κ3) is 33.3. The first kappa shape index (κ1) is 46.8. The number of hydrogen-bond donors (Lipinski definition) is 4. The topological polar surface area (TPSA) is 89.8 Å². The van der Waals surface area contributed by atoms with E-state index in [4.69, 9.17) is 0 Å². The fraction of sp³-hybridized carbons (Fsp3) is 0.884. The minimum atomic E-state index is -1.16. The monoisotopic (exact) mass is 678 g/mol. The Balaban J connectivity index is 3.67. The Labute approximate surface area is 299 Å². The highest BCUT2D eigenvalue weighted by Crippen LogP contribution is 2.15. The summed E-state index contributed by atoms with van der Waals surface area (Å²) in [5, 5.41) is 33.4. The molecule has 1 amide bonds. The van der Waals surface area contributed by atoms with Crippen LogP contribution in [0.1, 0.15) is 219 Å². The lowest BCUT2D eigenvalue weighted by Gasteiger charge is -2.26. The van der Waals surface area contributed by atoms with Crippen molar-refractivity contribution in [3.05, 3.63) is 24.3 Å². The molecule has 5 nitrogen and oxygen atoms in total.